The summed E-state index contributed by atoms with van der Waals surface area (Å²) >= 11 is 6.14. The van der Waals surface area contributed by atoms with Gasteiger partial charge in [0.1, 0.15) is 17.2 Å². The molecule has 3 aromatic rings. The fourth-order valence-electron chi connectivity index (χ4n) is 3.22. The number of urea groups is 1. The first-order chi connectivity index (χ1) is 16.7. The lowest BCUT2D eigenvalue weighted by Gasteiger charge is -2.15. The van der Waals surface area contributed by atoms with Crippen molar-refractivity contribution < 1.29 is 19.1 Å². The van der Waals surface area contributed by atoms with Crippen LogP contribution in [0.1, 0.15) is 34.1 Å². The molecule has 2 aromatic carbocycles. The lowest BCUT2D eigenvalue weighted by molar-refractivity contribution is -0.114. The van der Waals surface area contributed by atoms with Crippen LogP contribution in [0.5, 0.6) is 11.5 Å². The van der Waals surface area contributed by atoms with Crippen molar-refractivity contribution in [3.8, 4) is 11.5 Å². The van der Waals surface area contributed by atoms with E-state index in [4.69, 9.17) is 16.3 Å². The average molecular weight is 496 g/mol. The van der Waals surface area contributed by atoms with Gasteiger partial charge in [-0.1, -0.05) is 23.7 Å². The molecule has 10 heteroatoms. The Morgan fingerprint density at radius 2 is 1.71 bits per heavy atom. The predicted octanol–water partition coefficient (Wildman–Crippen LogP) is 4.78. The van der Waals surface area contributed by atoms with Gasteiger partial charge in [0.25, 0.3) is 5.91 Å². The monoisotopic (exact) mass is 495 g/mol. The Balaban J connectivity index is 1.64. The average Bonchev–Trinajstić information content (AvgIpc) is 2.82. The Morgan fingerprint density at radius 3 is 2.40 bits per heavy atom. The molecule has 35 heavy (non-hydrogen) atoms. The van der Waals surface area contributed by atoms with Gasteiger partial charge in [0.05, 0.1) is 11.4 Å². The van der Waals surface area contributed by atoms with Gasteiger partial charge in [-0.25, -0.2) is 4.79 Å². The molecule has 1 aromatic heterocycles. The largest absolute Gasteiger partial charge is 0.457 e. The minimum Gasteiger partial charge on any atom is -0.457 e. The third-order valence-corrected chi connectivity index (χ3v) is 5.38. The highest BCUT2D eigenvalue weighted by molar-refractivity contribution is 6.32. The zero-order valence-corrected chi connectivity index (χ0v) is 20.5. The number of nitrogens with zero attached hydrogens (tertiary/aromatic N) is 1. The van der Waals surface area contributed by atoms with Crippen LogP contribution in [0.2, 0.25) is 5.02 Å². The summed E-state index contributed by atoms with van der Waals surface area (Å²) in [4.78, 5) is 39.8. The minimum atomic E-state index is -0.435. The Labute approximate surface area is 208 Å². The van der Waals surface area contributed by atoms with E-state index in [1.807, 2.05) is 19.1 Å². The highest BCUT2D eigenvalue weighted by atomic mass is 35.5. The highest BCUT2D eigenvalue weighted by Crippen LogP contribution is 2.29. The predicted molar refractivity (Wildman–Crippen MR) is 135 cm³/mol. The van der Waals surface area contributed by atoms with E-state index in [2.05, 4.69) is 26.3 Å². The lowest BCUT2D eigenvalue weighted by atomic mass is 10.1. The van der Waals surface area contributed by atoms with Gasteiger partial charge in [0.2, 0.25) is 5.91 Å². The number of aromatic nitrogens is 1. The molecule has 0 radical (unpaired) electrons. The molecule has 0 fully saturated rings. The van der Waals surface area contributed by atoms with E-state index >= 15 is 0 Å². The second-order valence-corrected chi connectivity index (χ2v) is 8.20. The molecule has 0 unspecified atom stereocenters. The quantitative estimate of drug-likeness (QED) is 0.375. The van der Waals surface area contributed by atoms with Crippen molar-refractivity contribution in [2.24, 2.45) is 0 Å². The number of amides is 4. The summed E-state index contributed by atoms with van der Waals surface area (Å²) in [5, 5.41) is 11.2. The van der Waals surface area contributed by atoms with Crippen LogP contribution in [-0.4, -0.2) is 29.9 Å². The molecule has 0 atom stereocenters. The van der Waals surface area contributed by atoms with Gasteiger partial charge >= 0.3 is 6.03 Å². The van der Waals surface area contributed by atoms with E-state index in [0.29, 0.717) is 27.9 Å². The minimum absolute atomic E-state index is 0.257. The van der Waals surface area contributed by atoms with Crippen LogP contribution in [0.25, 0.3) is 0 Å². The summed E-state index contributed by atoms with van der Waals surface area (Å²) in [5.41, 5.74) is 3.58. The lowest BCUT2D eigenvalue weighted by Crippen LogP contribution is -2.28. The number of hydrogen-bond donors (Lipinski definition) is 4. The van der Waals surface area contributed by atoms with Gasteiger partial charge in [-0.2, -0.15) is 0 Å². The first-order valence-corrected chi connectivity index (χ1v) is 11.1. The third-order valence-electron chi connectivity index (χ3n) is 4.97. The second kappa shape index (κ2) is 11.3. The number of pyridine rings is 1. The maximum absolute atomic E-state index is 12.5. The fourth-order valence-corrected chi connectivity index (χ4v) is 3.38. The highest BCUT2D eigenvalue weighted by Gasteiger charge is 2.12. The maximum Gasteiger partial charge on any atom is 0.319 e. The zero-order valence-electron chi connectivity index (χ0n) is 19.8. The Hall–Kier alpha value is -4.11. The number of rotatable bonds is 7. The van der Waals surface area contributed by atoms with Crippen molar-refractivity contribution in [1.82, 2.24) is 15.6 Å². The number of carbonyl (C=O) groups excluding carboxylic acids is 3. The van der Waals surface area contributed by atoms with Gasteiger partial charge < -0.3 is 26.0 Å². The van der Waals surface area contributed by atoms with E-state index in [-0.39, 0.29) is 24.1 Å². The van der Waals surface area contributed by atoms with Crippen molar-refractivity contribution >= 4 is 40.8 Å². The van der Waals surface area contributed by atoms with Gasteiger partial charge in [0.15, 0.2) is 0 Å². The Kier molecular flexibility index (Phi) is 8.27. The third kappa shape index (κ3) is 6.94. The molecular weight excluding hydrogens is 470 g/mol. The molecule has 0 bridgehead atoms. The molecule has 0 aliphatic heterocycles. The molecule has 182 valence electrons. The van der Waals surface area contributed by atoms with E-state index in [9.17, 15) is 14.4 Å². The van der Waals surface area contributed by atoms with E-state index in [1.54, 1.807) is 37.3 Å². The number of ether oxygens (including phenoxy) is 1. The molecule has 1 heterocycles. The molecule has 0 aliphatic rings. The molecule has 0 saturated heterocycles. The summed E-state index contributed by atoms with van der Waals surface area (Å²) < 4.78 is 5.90. The molecule has 4 N–H and O–H groups in total. The summed E-state index contributed by atoms with van der Waals surface area (Å²) in [6.45, 7) is 5.34. The van der Waals surface area contributed by atoms with Crippen molar-refractivity contribution in [1.29, 1.82) is 0 Å². The first-order valence-electron chi connectivity index (χ1n) is 10.7. The number of nitrogens with one attached hydrogen (secondary N) is 4. The van der Waals surface area contributed by atoms with Crippen LogP contribution < -0.4 is 26.0 Å². The van der Waals surface area contributed by atoms with Crippen LogP contribution in [0.15, 0.2) is 48.7 Å². The Morgan fingerprint density at radius 1 is 0.971 bits per heavy atom. The summed E-state index contributed by atoms with van der Waals surface area (Å²) in [6.07, 6.45) is 1.51. The second-order valence-electron chi connectivity index (χ2n) is 7.79. The molecule has 3 rings (SSSR count). The number of benzene rings is 2. The van der Waals surface area contributed by atoms with Crippen molar-refractivity contribution in [3.05, 3.63) is 76.1 Å². The first kappa shape index (κ1) is 25.5. The molecule has 0 saturated carbocycles. The topological polar surface area (TPSA) is 121 Å². The molecule has 0 spiro atoms. The van der Waals surface area contributed by atoms with Crippen molar-refractivity contribution in [2.45, 2.75) is 27.3 Å². The van der Waals surface area contributed by atoms with E-state index < -0.39 is 6.03 Å². The van der Waals surface area contributed by atoms with Gasteiger partial charge in [0, 0.05) is 37.8 Å². The molecule has 4 amide bonds. The summed E-state index contributed by atoms with van der Waals surface area (Å²) in [5.74, 6) is 0.525. The van der Waals surface area contributed by atoms with E-state index in [0.717, 1.165) is 16.7 Å². The van der Waals surface area contributed by atoms with Crippen molar-refractivity contribution in [2.75, 3.05) is 17.7 Å². The standard InChI is InChI=1S/C25H26ClN5O4/c1-14-10-20(21(12-19(14)26)30-16(3)32)31-25(34)29-13-17-5-6-23(15(2)9-17)35-18-7-8-28-22(11-18)24(33)27-4/h5-12H,13H2,1-4H3,(H,27,33)(H,30,32)(H2,29,31,34). The van der Waals surface area contributed by atoms with Gasteiger partial charge in [-0.05, 0) is 54.8 Å². The summed E-state index contributed by atoms with van der Waals surface area (Å²) in [7, 11) is 1.53. The molecule has 9 nitrogen and oxygen atoms in total. The van der Waals surface area contributed by atoms with Crippen LogP contribution in [0.3, 0.4) is 0 Å². The number of aryl methyl sites for hydroxylation is 2. The zero-order chi connectivity index (χ0) is 25.5. The van der Waals surface area contributed by atoms with Gasteiger partial charge in [-0.3, -0.25) is 14.6 Å². The van der Waals surface area contributed by atoms with Crippen LogP contribution in [0.4, 0.5) is 16.2 Å². The van der Waals surface area contributed by atoms with Crippen molar-refractivity contribution in [3.63, 3.8) is 0 Å². The maximum atomic E-state index is 12.5. The van der Waals surface area contributed by atoms with Crippen LogP contribution >= 0.6 is 11.6 Å². The smallest absolute Gasteiger partial charge is 0.319 e. The SMILES string of the molecule is CNC(=O)c1cc(Oc2ccc(CNC(=O)Nc3cc(C)c(Cl)cc3NC(C)=O)cc2C)ccn1. The Bertz CT molecular complexity index is 1280. The normalized spacial score (nSPS) is 10.3. The number of halogens is 1. The molecule has 0 aliphatic carbocycles. The van der Waals surface area contributed by atoms with Gasteiger partial charge in [-0.15, -0.1) is 0 Å². The number of carbonyl (C=O) groups is 3. The number of hydrogen-bond acceptors (Lipinski definition) is 5. The number of anilines is 2. The summed E-state index contributed by atoms with van der Waals surface area (Å²) in [6, 6.07) is 11.6. The van der Waals surface area contributed by atoms with Crippen LogP contribution in [-0.2, 0) is 11.3 Å². The van der Waals surface area contributed by atoms with Crippen LogP contribution in [0, 0.1) is 13.8 Å². The fraction of sp³-hybridized carbons (Fsp3) is 0.200. The van der Waals surface area contributed by atoms with E-state index in [1.165, 1.54) is 20.2 Å². The molecular formula is C25H26ClN5O4.